The maximum atomic E-state index is 4.03. The van der Waals surface area contributed by atoms with Gasteiger partial charge >= 0.3 is 0 Å². The van der Waals surface area contributed by atoms with Gasteiger partial charge in [0, 0.05) is 6.54 Å². The van der Waals surface area contributed by atoms with E-state index in [1.165, 1.54) is 38.5 Å². The molecule has 0 spiro atoms. The van der Waals surface area contributed by atoms with Crippen LogP contribution in [0.25, 0.3) is 0 Å². The summed E-state index contributed by atoms with van der Waals surface area (Å²) in [7, 11) is 0. The summed E-state index contributed by atoms with van der Waals surface area (Å²) < 4.78 is 2.92. The van der Waals surface area contributed by atoms with Crippen LogP contribution in [0.3, 0.4) is 0 Å². The van der Waals surface area contributed by atoms with Crippen molar-refractivity contribution in [1.29, 1.82) is 0 Å². The van der Waals surface area contributed by atoms with E-state index in [4.69, 9.17) is 0 Å². The molecule has 0 aromatic carbocycles. The first-order chi connectivity index (χ1) is 7.68. The molecule has 1 aromatic heterocycles. The fourth-order valence-electron chi connectivity index (χ4n) is 1.74. The van der Waals surface area contributed by atoms with Crippen molar-refractivity contribution in [3.63, 3.8) is 0 Å². The van der Waals surface area contributed by atoms with Crippen molar-refractivity contribution in [2.24, 2.45) is 5.92 Å². The van der Waals surface area contributed by atoms with Crippen LogP contribution in [0.5, 0.6) is 0 Å². The van der Waals surface area contributed by atoms with Crippen LogP contribution in [0.4, 0.5) is 0 Å². The smallest absolute Gasteiger partial charge is 0.143 e. The zero-order valence-electron chi connectivity index (χ0n) is 10.3. The summed E-state index contributed by atoms with van der Waals surface area (Å²) in [6, 6.07) is 0. The van der Waals surface area contributed by atoms with Crippen molar-refractivity contribution < 1.29 is 0 Å². The van der Waals surface area contributed by atoms with Gasteiger partial charge < -0.3 is 0 Å². The van der Waals surface area contributed by atoms with Gasteiger partial charge in [-0.05, 0) is 34.9 Å². The fraction of sp³-hybridized carbons (Fsp3) is 0.833. The number of aromatic nitrogens is 3. The molecule has 0 saturated heterocycles. The highest BCUT2D eigenvalue weighted by molar-refractivity contribution is 14.1. The van der Waals surface area contributed by atoms with E-state index in [9.17, 15) is 0 Å². The Morgan fingerprint density at radius 1 is 1.19 bits per heavy atom. The van der Waals surface area contributed by atoms with Gasteiger partial charge in [0.2, 0.25) is 0 Å². The van der Waals surface area contributed by atoms with Crippen LogP contribution in [0, 0.1) is 9.62 Å². The molecule has 0 aliphatic carbocycles. The van der Waals surface area contributed by atoms with E-state index in [1.807, 2.05) is 10.9 Å². The maximum absolute atomic E-state index is 4.03. The molecule has 0 saturated carbocycles. The third kappa shape index (κ3) is 6.45. The summed E-state index contributed by atoms with van der Waals surface area (Å²) in [6.45, 7) is 5.61. The summed E-state index contributed by atoms with van der Waals surface area (Å²) in [6.07, 6.45) is 10.0. The summed E-state index contributed by atoms with van der Waals surface area (Å²) in [4.78, 5) is 0. The number of nitrogens with zero attached hydrogens (tertiary/aromatic N) is 3. The van der Waals surface area contributed by atoms with E-state index in [0.717, 1.165) is 16.2 Å². The zero-order chi connectivity index (χ0) is 11.8. The number of hydrogen-bond donors (Lipinski definition) is 0. The highest BCUT2D eigenvalue weighted by atomic mass is 127. The zero-order valence-corrected chi connectivity index (χ0v) is 12.5. The molecule has 1 heterocycles. The fourth-order valence-corrected chi connectivity index (χ4v) is 2.16. The van der Waals surface area contributed by atoms with Gasteiger partial charge in [-0.3, -0.25) is 4.68 Å². The molecular formula is C12H22IN3. The van der Waals surface area contributed by atoms with Gasteiger partial charge in [0.15, 0.2) is 0 Å². The topological polar surface area (TPSA) is 30.7 Å². The molecule has 0 radical (unpaired) electrons. The van der Waals surface area contributed by atoms with Gasteiger partial charge in [-0.15, -0.1) is 5.10 Å². The molecule has 4 heteroatoms. The summed E-state index contributed by atoms with van der Waals surface area (Å²) >= 11 is 2.19. The minimum atomic E-state index is 0.859. The van der Waals surface area contributed by atoms with Crippen LogP contribution in [0.15, 0.2) is 6.20 Å². The number of rotatable bonds is 8. The molecule has 0 amide bonds. The van der Waals surface area contributed by atoms with Gasteiger partial charge in [-0.2, -0.15) is 0 Å². The van der Waals surface area contributed by atoms with Crippen LogP contribution < -0.4 is 0 Å². The van der Waals surface area contributed by atoms with E-state index in [2.05, 4.69) is 46.8 Å². The van der Waals surface area contributed by atoms with Gasteiger partial charge in [0.05, 0.1) is 6.20 Å². The van der Waals surface area contributed by atoms with E-state index in [1.54, 1.807) is 0 Å². The molecular weight excluding hydrogens is 313 g/mol. The van der Waals surface area contributed by atoms with Crippen LogP contribution in [-0.2, 0) is 6.54 Å². The minimum Gasteiger partial charge on any atom is -0.251 e. The van der Waals surface area contributed by atoms with Crippen LogP contribution >= 0.6 is 22.6 Å². The lowest BCUT2D eigenvalue weighted by Gasteiger charge is -2.04. The highest BCUT2D eigenvalue weighted by Gasteiger charge is 1.97. The monoisotopic (exact) mass is 335 g/mol. The molecule has 0 fully saturated rings. The predicted molar refractivity (Wildman–Crippen MR) is 75.3 cm³/mol. The van der Waals surface area contributed by atoms with Crippen molar-refractivity contribution >= 4 is 22.6 Å². The largest absolute Gasteiger partial charge is 0.251 e. The molecule has 16 heavy (non-hydrogen) atoms. The first kappa shape index (κ1) is 13.9. The Morgan fingerprint density at radius 3 is 2.50 bits per heavy atom. The third-order valence-corrected chi connectivity index (χ3v) is 3.17. The Morgan fingerprint density at radius 2 is 1.88 bits per heavy atom. The second kappa shape index (κ2) is 8.03. The molecule has 0 atom stereocenters. The van der Waals surface area contributed by atoms with Crippen molar-refractivity contribution in [2.45, 2.75) is 58.9 Å². The average Bonchev–Trinajstić information content (AvgIpc) is 2.62. The molecule has 1 aromatic rings. The van der Waals surface area contributed by atoms with Gasteiger partial charge in [0.1, 0.15) is 3.70 Å². The van der Waals surface area contributed by atoms with Crippen LogP contribution in [0.1, 0.15) is 52.4 Å². The Hall–Kier alpha value is -0.130. The molecule has 0 N–H and O–H groups in total. The lowest BCUT2D eigenvalue weighted by atomic mass is 10.0. The summed E-state index contributed by atoms with van der Waals surface area (Å²) in [5, 5.41) is 8.00. The normalized spacial score (nSPS) is 11.2. The molecule has 92 valence electrons. The Bertz CT molecular complexity index is 284. The molecule has 0 aliphatic heterocycles. The number of halogens is 1. The number of hydrogen-bond acceptors (Lipinski definition) is 2. The van der Waals surface area contributed by atoms with Crippen LogP contribution in [-0.4, -0.2) is 15.0 Å². The average molecular weight is 335 g/mol. The lowest BCUT2D eigenvalue weighted by Crippen LogP contribution is -1.98. The second-order valence-electron chi connectivity index (χ2n) is 4.75. The van der Waals surface area contributed by atoms with Gasteiger partial charge in [-0.1, -0.05) is 51.2 Å². The molecule has 0 bridgehead atoms. The molecule has 3 nitrogen and oxygen atoms in total. The van der Waals surface area contributed by atoms with E-state index in [-0.39, 0.29) is 0 Å². The van der Waals surface area contributed by atoms with Crippen molar-refractivity contribution in [3.8, 4) is 0 Å². The second-order valence-corrected chi connectivity index (χ2v) is 5.86. The number of aryl methyl sites for hydroxylation is 1. The third-order valence-electron chi connectivity index (χ3n) is 2.68. The first-order valence-corrected chi connectivity index (χ1v) is 7.32. The van der Waals surface area contributed by atoms with Crippen molar-refractivity contribution in [3.05, 3.63) is 9.90 Å². The minimum absolute atomic E-state index is 0.859. The van der Waals surface area contributed by atoms with E-state index in [0.29, 0.717) is 0 Å². The molecule has 0 unspecified atom stereocenters. The Labute approximate surface area is 112 Å². The summed E-state index contributed by atoms with van der Waals surface area (Å²) in [5.41, 5.74) is 0. The van der Waals surface area contributed by atoms with E-state index < -0.39 is 0 Å². The maximum Gasteiger partial charge on any atom is 0.143 e. The number of unbranched alkanes of at least 4 members (excludes halogenated alkanes) is 4. The highest BCUT2D eigenvalue weighted by Crippen LogP contribution is 2.10. The van der Waals surface area contributed by atoms with Crippen molar-refractivity contribution in [1.82, 2.24) is 15.0 Å². The van der Waals surface area contributed by atoms with Crippen LogP contribution in [0.2, 0.25) is 0 Å². The predicted octanol–water partition coefficient (Wildman–Crippen LogP) is 3.88. The molecule has 1 rings (SSSR count). The first-order valence-electron chi connectivity index (χ1n) is 6.24. The quantitative estimate of drug-likeness (QED) is 0.533. The van der Waals surface area contributed by atoms with Crippen molar-refractivity contribution in [2.75, 3.05) is 0 Å². The van der Waals surface area contributed by atoms with Gasteiger partial charge in [-0.25, -0.2) is 0 Å². The Kier molecular flexibility index (Phi) is 7.00. The lowest BCUT2D eigenvalue weighted by molar-refractivity contribution is 0.490. The summed E-state index contributed by atoms with van der Waals surface area (Å²) in [5.74, 6) is 0.859. The van der Waals surface area contributed by atoms with E-state index >= 15 is 0 Å². The molecule has 0 aliphatic rings. The SMILES string of the molecule is CC(C)CCCCCCCn1cc(I)nn1. The van der Waals surface area contributed by atoms with Gasteiger partial charge in [0.25, 0.3) is 0 Å². The Balaban J connectivity index is 1.92. The standard InChI is InChI=1S/C12H22IN3/c1-11(2)8-6-4-3-5-7-9-16-10-12(13)14-15-16/h10-11H,3-9H2,1-2H3.